The number of fused-ring (bicyclic) bond motifs is 9. The third-order valence-corrected chi connectivity index (χ3v) is 24.4. The van der Waals surface area contributed by atoms with Crippen LogP contribution in [-0.2, 0) is 23.6 Å². The van der Waals surface area contributed by atoms with E-state index in [1.165, 1.54) is 0 Å². The highest BCUT2D eigenvalue weighted by molar-refractivity contribution is 8.26. The molecule has 6 aliphatic heterocycles. The van der Waals surface area contributed by atoms with Gasteiger partial charge in [-0.3, -0.25) is 0 Å². The molecule has 0 spiro atoms. The number of hydrogen-bond donors (Lipinski definition) is 0. The zero-order valence-corrected chi connectivity index (χ0v) is 39.0. The predicted octanol–water partition coefficient (Wildman–Crippen LogP) is 13.8. The van der Waals surface area contributed by atoms with E-state index < -0.39 is 12.1 Å². The van der Waals surface area contributed by atoms with Crippen molar-refractivity contribution in [2.45, 2.75) is 0 Å². The summed E-state index contributed by atoms with van der Waals surface area (Å²) >= 11 is 15.0. The summed E-state index contributed by atoms with van der Waals surface area (Å²) in [7, 11) is 0. The van der Waals surface area contributed by atoms with Gasteiger partial charge in [-0.1, -0.05) is 139 Å². The first kappa shape index (κ1) is 36.7. The number of nitrogens with zero attached hydrogens (tertiary/aromatic N) is 2. The Morgan fingerprint density at radius 2 is 0.735 bits per heavy atom. The molecule has 0 saturated carbocycles. The summed E-state index contributed by atoms with van der Waals surface area (Å²) in [6.07, 6.45) is 0. The van der Waals surface area contributed by atoms with E-state index >= 15 is 0 Å². The molecule has 6 heterocycles. The van der Waals surface area contributed by atoms with Crippen molar-refractivity contribution in [3.63, 3.8) is 0 Å². The summed E-state index contributed by atoms with van der Waals surface area (Å²) in [5.41, 5.74) is 5.97. The van der Waals surface area contributed by atoms with Crippen LogP contribution in [0.5, 0.6) is 46.0 Å². The van der Waals surface area contributed by atoms with E-state index in [0.717, 1.165) is 155 Å². The van der Waals surface area contributed by atoms with Gasteiger partial charge in [0.1, 0.15) is 46.0 Å². The van der Waals surface area contributed by atoms with Crippen LogP contribution in [0.2, 0.25) is 0 Å². The maximum atomic E-state index is 7.54. The topological polar surface area (TPSA) is 43.4 Å². The first-order chi connectivity index (χ1) is 33.5. The summed E-state index contributed by atoms with van der Waals surface area (Å²) in [5.74, 6) is 6.14. The Morgan fingerprint density at radius 3 is 1.28 bits per heavy atom. The lowest BCUT2D eigenvalue weighted by atomic mass is 9.99. The van der Waals surface area contributed by atoms with Crippen molar-refractivity contribution in [1.29, 1.82) is 0 Å². The molecule has 0 saturated heterocycles. The lowest BCUT2D eigenvalue weighted by molar-refractivity contribution is 0.470. The second-order valence-corrected chi connectivity index (χ2v) is 26.6. The largest absolute Gasteiger partial charge is 0.456 e. The molecule has 0 amide bonds. The third-order valence-electron chi connectivity index (χ3n) is 14.8. The molecule has 17 rings (SSSR count). The van der Waals surface area contributed by atoms with Gasteiger partial charge >= 0.3 is 0 Å². The number of para-hydroxylation sites is 2. The zero-order chi connectivity index (χ0) is 44.4. The fraction of sp³-hybridized carbons (Fsp3) is 0. The number of benzene rings is 11. The molecule has 6 nitrogen and oxygen atoms in total. The van der Waals surface area contributed by atoms with Gasteiger partial charge in [-0.2, -0.15) is 0 Å². The average molecular weight is 945 g/mol. The van der Waals surface area contributed by atoms with Crippen molar-refractivity contribution in [2.75, 3.05) is 9.80 Å². The summed E-state index contributed by atoms with van der Waals surface area (Å²) in [6.45, 7) is 0. The van der Waals surface area contributed by atoms with Gasteiger partial charge in [-0.25, -0.2) is 0 Å². The molecule has 0 aliphatic carbocycles. The van der Waals surface area contributed by atoms with Gasteiger partial charge in [0.25, 0.3) is 0 Å². The lowest BCUT2D eigenvalue weighted by Crippen LogP contribution is -2.44. The number of ether oxygens (including phenoxy) is 4. The second-order valence-electron chi connectivity index (χ2n) is 18.2. The van der Waals surface area contributed by atoms with Crippen LogP contribution in [0.1, 0.15) is 0 Å². The maximum Gasteiger partial charge on any atom is 0.148 e. The first-order valence-electron chi connectivity index (χ1n) is 22.6. The minimum Gasteiger partial charge on any atom is -0.456 e. The third kappa shape index (κ3) is 4.18. The van der Waals surface area contributed by atoms with E-state index in [0.29, 0.717) is 0 Å². The van der Waals surface area contributed by atoms with Crippen molar-refractivity contribution in [3.05, 3.63) is 182 Å². The minimum absolute atomic E-state index is 0.745. The highest BCUT2D eigenvalue weighted by Gasteiger charge is 2.54. The normalized spacial score (nSPS) is 18.6. The number of rotatable bonds is 2. The van der Waals surface area contributed by atoms with Crippen LogP contribution < -0.4 is 60.6 Å². The molecule has 2 atom stereocenters. The Kier molecular flexibility index (Phi) is 6.66. The summed E-state index contributed by atoms with van der Waals surface area (Å²) < 4.78 is 29.2. The fourth-order valence-electron chi connectivity index (χ4n) is 12.2. The highest BCUT2D eigenvalue weighted by atomic mass is 32.4. The molecule has 10 heteroatoms. The molecule has 68 heavy (non-hydrogen) atoms. The quantitative estimate of drug-likeness (QED) is 0.159. The van der Waals surface area contributed by atoms with Crippen LogP contribution in [0, 0.1) is 0 Å². The zero-order valence-electron chi connectivity index (χ0n) is 35.6. The monoisotopic (exact) mass is 944 g/mol. The fourth-order valence-corrected chi connectivity index (χ4v) is 22.2. The van der Waals surface area contributed by atoms with Crippen LogP contribution in [0.3, 0.4) is 0 Å². The Hall–Kier alpha value is -7.44. The Balaban J connectivity index is 1.10. The van der Waals surface area contributed by atoms with Gasteiger partial charge in [0.15, 0.2) is 0 Å². The van der Waals surface area contributed by atoms with E-state index in [4.69, 9.17) is 42.6 Å². The second kappa shape index (κ2) is 12.4. The molecule has 0 N–H and O–H groups in total. The van der Waals surface area contributed by atoms with Crippen LogP contribution >= 0.6 is 12.1 Å². The van der Waals surface area contributed by atoms with Gasteiger partial charge < -0.3 is 28.7 Å². The van der Waals surface area contributed by atoms with Gasteiger partial charge in [0.05, 0.1) is 66.7 Å². The van der Waals surface area contributed by atoms with E-state index in [2.05, 4.69) is 192 Å². The summed E-state index contributed by atoms with van der Waals surface area (Å²) in [6, 6.07) is 58.3. The molecule has 6 aliphatic rings. The van der Waals surface area contributed by atoms with E-state index in [1.54, 1.807) is 0 Å². The van der Waals surface area contributed by atoms with Gasteiger partial charge in [0, 0.05) is 38.3 Å². The molecular weight excluding hydrogens is 915 g/mol. The Morgan fingerprint density at radius 1 is 0.309 bits per heavy atom. The molecule has 0 fully saturated rings. The average Bonchev–Trinajstić information content (AvgIpc) is 3.36. The molecule has 11 aromatic carbocycles. The maximum absolute atomic E-state index is 7.54. The summed E-state index contributed by atoms with van der Waals surface area (Å²) in [5, 5.41) is 14.2. The van der Waals surface area contributed by atoms with Crippen molar-refractivity contribution in [2.24, 2.45) is 0 Å². The minimum atomic E-state index is -2.97. The van der Waals surface area contributed by atoms with E-state index in [9.17, 15) is 0 Å². The van der Waals surface area contributed by atoms with Crippen molar-refractivity contribution >= 4 is 145 Å². The summed E-state index contributed by atoms with van der Waals surface area (Å²) in [4.78, 5) is 4.80. The first-order valence-corrected chi connectivity index (χ1v) is 28.2. The highest BCUT2D eigenvalue weighted by Crippen LogP contribution is 2.71. The molecular formula is C58H30N2O4P2S2. The molecule has 0 aromatic heterocycles. The van der Waals surface area contributed by atoms with Crippen LogP contribution in [0.15, 0.2) is 182 Å². The van der Waals surface area contributed by atoms with Gasteiger partial charge in [-0.05, 0) is 82.9 Å². The van der Waals surface area contributed by atoms with E-state index in [1.807, 2.05) is 0 Å². The van der Waals surface area contributed by atoms with E-state index in [-0.39, 0.29) is 0 Å². The van der Waals surface area contributed by atoms with Crippen molar-refractivity contribution in [1.82, 2.24) is 0 Å². The molecule has 318 valence electrons. The standard InChI is InChI=1S/C58H30N2O4P2S2/c67-65-53-41-24-13-25-43(53)61-44-27-32-15-8-11-22-37(32)51(57(44)65)63-46-30-40-39(48(55(46)65)59(41)34-17-3-1-4-18-34)29-47-56-49(40)60(35-19-5-2-6-20-35)42-26-31-14-7-10-21-36(31)50-54(42)66(56,68)58-45(62-50)28-33-16-9-12-23-38(33)52(58)64-47/h1-30H. The van der Waals surface area contributed by atoms with Crippen molar-refractivity contribution in [3.8, 4) is 46.0 Å². The van der Waals surface area contributed by atoms with Crippen LogP contribution in [-0.4, -0.2) is 0 Å². The van der Waals surface area contributed by atoms with Gasteiger partial charge in [-0.15, -0.1) is 0 Å². The van der Waals surface area contributed by atoms with Crippen molar-refractivity contribution < 1.29 is 18.9 Å². The molecule has 11 aromatic rings. The Bertz CT molecular complexity index is 4370. The predicted molar refractivity (Wildman–Crippen MR) is 285 cm³/mol. The molecule has 0 bridgehead atoms. The molecule has 2 unspecified atom stereocenters. The lowest BCUT2D eigenvalue weighted by Gasteiger charge is -2.48. The smallest absolute Gasteiger partial charge is 0.148 e. The van der Waals surface area contributed by atoms with Gasteiger partial charge in [0.2, 0.25) is 0 Å². The SMILES string of the molecule is S=P12c3c4cccc3N(c3ccccc3)c3c1c(cc1c5c6c(cc31)Oc1c3c(cc7ccccc17)Oc1c(c(cc7ccccc17)N5c1ccccc1)P36=S)Oc1c2c(cc2ccccc12)O4. The molecule has 0 radical (unpaired) electrons. The number of anilines is 6. The van der Waals surface area contributed by atoms with Crippen LogP contribution in [0.25, 0.3) is 43.1 Å². The Labute approximate surface area is 399 Å². The number of hydrogen-bond acceptors (Lipinski definition) is 8. The van der Waals surface area contributed by atoms with Crippen LogP contribution in [0.4, 0.5) is 34.1 Å².